The quantitative estimate of drug-likeness (QED) is 0.725. The molecule has 1 fully saturated rings. The van der Waals surface area contributed by atoms with Gasteiger partial charge in [0.15, 0.2) is 0 Å². The molecule has 0 aromatic carbocycles. The van der Waals surface area contributed by atoms with Gasteiger partial charge in [-0.2, -0.15) is 0 Å². The zero-order valence-corrected chi connectivity index (χ0v) is 9.29. The monoisotopic (exact) mass is 184 g/mol. The van der Waals surface area contributed by atoms with E-state index in [2.05, 4.69) is 25.7 Å². The topological polar surface area (TPSA) is 29.3 Å². The van der Waals surface area contributed by atoms with Gasteiger partial charge in [0.25, 0.3) is 0 Å². The van der Waals surface area contributed by atoms with Crippen molar-refractivity contribution in [3.05, 3.63) is 0 Å². The molecule has 0 amide bonds. The Morgan fingerprint density at radius 3 is 2.31 bits per heavy atom. The molecule has 2 nitrogen and oxygen atoms in total. The summed E-state index contributed by atoms with van der Waals surface area (Å²) in [4.78, 5) is 2.57. The molecule has 2 N–H and O–H groups in total. The molecule has 0 bridgehead atoms. The van der Waals surface area contributed by atoms with Crippen LogP contribution in [0.15, 0.2) is 0 Å². The summed E-state index contributed by atoms with van der Waals surface area (Å²) in [6, 6.07) is 1.25. The van der Waals surface area contributed by atoms with Gasteiger partial charge in [-0.25, -0.2) is 0 Å². The fraction of sp³-hybridized carbons (Fsp3) is 1.00. The molecular formula is C11H24N2. The molecule has 3 atom stereocenters. The lowest BCUT2D eigenvalue weighted by Crippen LogP contribution is -2.44. The van der Waals surface area contributed by atoms with Crippen LogP contribution in [-0.2, 0) is 0 Å². The zero-order chi connectivity index (χ0) is 9.84. The molecule has 1 aliphatic carbocycles. The number of nitrogens with zero attached hydrogens (tertiary/aromatic N) is 1. The maximum Gasteiger partial charge on any atom is 0.00987 e. The minimum Gasteiger partial charge on any atom is -0.327 e. The number of rotatable bonds is 3. The van der Waals surface area contributed by atoms with Crippen LogP contribution in [-0.4, -0.2) is 30.1 Å². The SMILES string of the molecule is CCN(CC)C1CCC(N)C(C)C1. The van der Waals surface area contributed by atoms with Gasteiger partial charge in [0.05, 0.1) is 0 Å². The van der Waals surface area contributed by atoms with Gasteiger partial charge in [0.2, 0.25) is 0 Å². The zero-order valence-electron chi connectivity index (χ0n) is 9.29. The lowest BCUT2D eigenvalue weighted by Gasteiger charge is -2.38. The Kier molecular flexibility index (Phi) is 4.20. The second kappa shape index (κ2) is 4.97. The Morgan fingerprint density at radius 1 is 1.23 bits per heavy atom. The van der Waals surface area contributed by atoms with E-state index < -0.39 is 0 Å². The van der Waals surface area contributed by atoms with Crippen LogP contribution in [0, 0.1) is 5.92 Å². The van der Waals surface area contributed by atoms with Crippen molar-refractivity contribution in [1.82, 2.24) is 4.90 Å². The molecule has 0 radical (unpaired) electrons. The second-order valence-corrected chi connectivity index (χ2v) is 4.33. The van der Waals surface area contributed by atoms with Gasteiger partial charge in [-0.15, -0.1) is 0 Å². The summed E-state index contributed by atoms with van der Waals surface area (Å²) in [6.45, 7) is 9.16. The van der Waals surface area contributed by atoms with Crippen LogP contribution in [0.2, 0.25) is 0 Å². The molecule has 1 rings (SSSR count). The third-order valence-electron chi connectivity index (χ3n) is 3.54. The van der Waals surface area contributed by atoms with E-state index in [0.717, 1.165) is 6.04 Å². The minimum atomic E-state index is 0.451. The third kappa shape index (κ3) is 2.68. The summed E-state index contributed by atoms with van der Waals surface area (Å²) in [5.74, 6) is 0.708. The van der Waals surface area contributed by atoms with E-state index in [0.29, 0.717) is 12.0 Å². The van der Waals surface area contributed by atoms with E-state index in [-0.39, 0.29) is 0 Å². The summed E-state index contributed by atoms with van der Waals surface area (Å²) in [5, 5.41) is 0. The van der Waals surface area contributed by atoms with E-state index in [9.17, 15) is 0 Å². The van der Waals surface area contributed by atoms with Crippen molar-refractivity contribution in [1.29, 1.82) is 0 Å². The maximum atomic E-state index is 6.01. The Balaban J connectivity index is 2.44. The first kappa shape index (κ1) is 11.0. The number of hydrogen-bond donors (Lipinski definition) is 1. The smallest absolute Gasteiger partial charge is 0.00987 e. The van der Waals surface area contributed by atoms with E-state index in [1.54, 1.807) is 0 Å². The molecular weight excluding hydrogens is 160 g/mol. The van der Waals surface area contributed by atoms with E-state index in [1.165, 1.54) is 32.4 Å². The largest absolute Gasteiger partial charge is 0.327 e. The molecule has 13 heavy (non-hydrogen) atoms. The van der Waals surface area contributed by atoms with Gasteiger partial charge < -0.3 is 10.6 Å². The summed E-state index contributed by atoms with van der Waals surface area (Å²) < 4.78 is 0. The van der Waals surface area contributed by atoms with Crippen molar-refractivity contribution in [2.75, 3.05) is 13.1 Å². The van der Waals surface area contributed by atoms with Crippen LogP contribution in [0.3, 0.4) is 0 Å². The number of hydrogen-bond acceptors (Lipinski definition) is 2. The summed E-state index contributed by atoms with van der Waals surface area (Å²) in [6.07, 6.45) is 3.80. The first-order chi connectivity index (χ1) is 6.19. The highest BCUT2D eigenvalue weighted by Crippen LogP contribution is 2.26. The van der Waals surface area contributed by atoms with E-state index >= 15 is 0 Å². The standard InChI is InChI=1S/C11H24N2/c1-4-13(5-2)10-6-7-11(12)9(3)8-10/h9-11H,4-8,12H2,1-3H3. The Hall–Kier alpha value is -0.0800. The van der Waals surface area contributed by atoms with Crippen LogP contribution in [0.25, 0.3) is 0 Å². The number of nitrogens with two attached hydrogens (primary N) is 1. The second-order valence-electron chi connectivity index (χ2n) is 4.33. The molecule has 0 saturated heterocycles. The predicted molar refractivity (Wildman–Crippen MR) is 57.7 cm³/mol. The highest BCUT2D eigenvalue weighted by atomic mass is 15.1. The fourth-order valence-corrected chi connectivity index (χ4v) is 2.46. The van der Waals surface area contributed by atoms with Gasteiger partial charge in [-0.05, 0) is 38.3 Å². The maximum absolute atomic E-state index is 6.01. The van der Waals surface area contributed by atoms with Crippen molar-refractivity contribution < 1.29 is 0 Å². The third-order valence-corrected chi connectivity index (χ3v) is 3.54. The molecule has 0 spiro atoms. The average Bonchev–Trinajstić information content (AvgIpc) is 2.13. The van der Waals surface area contributed by atoms with Gasteiger partial charge >= 0.3 is 0 Å². The Morgan fingerprint density at radius 2 is 1.85 bits per heavy atom. The first-order valence-corrected chi connectivity index (χ1v) is 5.68. The minimum absolute atomic E-state index is 0.451. The first-order valence-electron chi connectivity index (χ1n) is 5.68. The van der Waals surface area contributed by atoms with E-state index in [4.69, 9.17) is 5.73 Å². The predicted octanol–water partition coefficient (Wildman–Crippen LogP) is 1.84. The molecule has 0 heterocycles. The van der Waals surface area contributed by atoms with Crippen LogP contribution in [0.4, 0.5) is 0 Å². The average molecular weight is 184 g/mol. The molecule has 1 aliphatic rings. The lowest BCUT2D eigenvalue weighted by atomic mass is 9.82. The van der Waals surface area contributed by atoms with E-state index in [1.807, 2.05) is 0 Å². The summed E-state index contributed by atoms with van der Waals surface area (Å²) >= 11 is 0. The van der Waals surface area contributed by atoms with Crippen molar-refractivity contribution in [3.8, 4) is 0 Å². The van der Waals surface area contributed by atoms with Gasteiger partial charge in [0, 0.05) is 12.1 Å². The van der Waals surface area contributed by atoms with Crippen molar-refractivity contribution >= 4 is 0 Å². The highest BCUT2D eigenvalue weighted by Gasteiger charge is 2.27. The van der Waals surface area contributed by atoms with Crippen LogP contribution < -0.4 is 5.73 Å². The molecule has 1 saturated carbocycles. The molecule has 78 valence electrons. The molecule has 2 heteroatoms. The highest BCUT2D eigenvalue weighted by molar-refractivity contribution is 4.84. The van der Waals surface area contributed by atoms with Crippen molar-refractivity contribution in [2.24, 2.45) is 11.7 Å². The van der Waals surface area contributed by atoms with Crippen molar-refractivity contribution in [2.45, 2.75) is 52.1 Å². The van der Waals surface area contributed by atoms with Crippen LogP contribution in [0.5, 0.6) is 0 Å². The van der Waals surface area contributed by atoms with Crippen LogP contribution >= 0.6 is 0 Å². The van der Waals surface area contributed by atoms with Crippen molar-refractivity contribution in [3.63, 3.8) is 0 Å². The summed E-state index contributed by atoms with van der Waals surface area (Å²) in [5.41, 5.74) is 6.01. The van der Waals surface area contributed by atoms with Gasteiger partial charge in [-0.1, -0.05) is 20.8 Å². The summed E-state index contributed by atoms with van der Waals surface area (Å²) in [7, 11) is 0. The molecule has 0 aliphatic heterocycles. The Labute approximate surface area is 82.5 Å². The van der Waals surface area contributed by atoms with Gasteiger partial charge in [-0.3, -0.25) is 0 Å². The van der Waals surface area contributed by atoms with Gasteiger partial charge in [0.1, 0.15) is 0 Å². The Bertz CT molecular complexity index is 143. The van der Waals surface area contributed by atoms with Crippen LogP contribution in [0.1, 0.15) is 40.0 Å². The molecule has 3 unspecified atom stereocenters. The lowest BCUT2D eigenvalue weighted by molar-refractivity contribution is 0.136. The molecule has 0 aromatic heterocycles. The normalized spacial score (nSPS) is 35.3. The fourth-order valence-electron chi connectivity index (χ4n) is 2.46. The molecule has 0 aromatic rings.